The van der Waals surface area contributed by atoms with Gasteiger partial charge in [-0.1, -0.05) is 66.7 Å². The third-order valence-electron chi connectivity index (χ3n) is 6.93. The van der Waals surface area contributed by atoms with Crippen molar-refractivity contribution < 1.29 is 17.9 Å². The average Bonchev–Trinajstić information content (AvgIpc) is 3.71. The summed E-state index contributed by atoms with van der Waals surface area (Å²) in [5.74, 6) is -0.527. The molecule has 184 valence electrons. The first kappa shape index (κ1) is 24.0. The highest BCUT2D eigenvalue weighted by Gasteiger charge is 2.49. The van der Waals surface area contributed by atoms with Crippen molar-refractivity contribution in [2.45, 2.75) is 29.9 Å². The number of sulfone groups is 1. The monoisotopic (exact) mass is 501 g/mol. The topological polar surface area (TPSA) is 97.5 Å². The molecule has 0 amide bonds. The van der Waals surface area contributed by atoms with Gasteiger partial charge in [0.2, 0.25) is 0 Å². The fourth-order valence-electron chi connectivity index (χ4n) is 5.03. The van der Waals surface area contributed by atoms with Crippen molar-refractivity contribution in [1.29, 1.82) is 0 Å². The molecule has 1 saturated carbocycles. The fourth-order valence-corrected chi connectivity index (χ4v) is 6.43. The van der Waals surface area contributed by atoms with Gasteiger partial charge in [0.15, 0.2) is 14.6 Å². The summed E-state index contributed by atoms with van der Waals surface area (Å²) in [6.07, 6.45) is 4.47. The summed E-state index contributed by atoms with van der Waals surface area (Å²) >= 11 is 0. The number of pyridine rings is 1. The third kappa shape index (κ3) is 4.35. The molecule has 6 nitrogen and oxygen atoms in total. The molecule has 2 heterocycles. The third-order valence-corrected chi connectivity index (χ3v) is 8.76. The van der Waals surface area contributed by atoms with Crippen molar-refractivity contribution in [3.63, 3.8) is 0 Å². The van der Waals surface area contributed by atoms with E-state index < -0.39 is 20.2 Å². The Labute approximate surface area is 210 Å². The Morgan fingerprint density at radius 3 is 2.19 bits per heavy atom. The van der Waals surface area contributed by atoms with E-state index >= 15 is 0 Å². The van der Waals surface area contributed by atoms with Crippen LogP contribution in [0.5, 0.6) is 5.75 Å². The molecule has 2 unspecified atom stereocenters. The number of aromatic nitrogens is 1. The summed E-state index contributed by atoms with van der Waals surface area (Å²) in [5.41, 5.74) is 1.28. The van der Waals surface area contributed by atoms with E-state index in [0.717, 1.165) is 30.2 Å². The molecular weight excluding hydrogens is 474 g/mol. The van der Waals surface area contributed by atoms with Crippen molar-refractivity contribution in [1.82, 2.24) is 4.98 Å². The molecule has 1 N–H and O–H groups in total. The van der Waals surface area contributed by atoms with Crippen LogP contribution in [-0.4, -0.2) is 24.8 Å². The summed E-state index contributed by atoms with van der Waals surface area (Å²) in [5, 5.41) is 11.2. The summed E-state index contributed by atoms with van der Waals surface area (Å²) in [6, 6.07) is 24.9. The maximum absolute atomic E-state index is 13.6. The molecular formula is C29H27NO5S. The van der Waals surface area contributed by atoms with Crippen LogP contribution in [0.4, 0.5) is 0 Å². The molecule has 7 heteroatoms. The Balaban J connectivity index is 1.74. The van der Waals surface area contributed by atoms with Gasteiger partial charge in [-0.2, -0.15) is 0 Å². The minimum absolute atomic E-state index is 0.0177. The van der Waals surface area contributed by atoms with E-state index in [1.54, 1.807) is 18.2 Å². The van der Waals surface area contributed by atoms with Gasteiger partial charge in [-0.15, -0.1) is 0 Å². The van der Waals surface area contributed by atoms with Gasteiger partial charge < -0.3 is 9.52 Å². The number of nitrogens with zero attached hydrogens (tertiary/aromatic N) is 1. The zero-order valence-corrected chi connectivity index (χ0v) is 20.7. The van der Waals surface area contributed by atoms with Crippen LogP contribution in [-0.2, 0) is 21.0 Å². The first-order valence-corrected chi connectivity index (χ1v) is 13.8. The standard InChI is InChI=1S/C29H27NO5S/c1-36(33,34)29(24-14-8-9-17-30-24,19-20-10-4-2-5-11-20)25-18-23(31)27(28(32)35-25)26(22-15-16-22)21-12-6-3-7-13-21/h2-14,17-18,22,26,31H,15-16,19H2,1H3. The van der Waals surface area contributed by atoms with E-state index in [1.807, 2.05) is 60.7 Å². The molecule has 36 heavy (non-hydrogen) atoms. The minimum atomic E-state index is -3.96. The largest absolute Gasteiger partial charge is 0.507 e. The van der Waals surface area contributed by atoms with E-state index in [4.69, 9.17) is 4.42 Å². The second-order valence-electron chi connectivity index (χ2n) is 9.40. The number of aromatic hydroxyl groups is 1. The van der Waals surface area contributed by atoms with E-state index in [0.29, 0.717) is 0 Å². The molecule has 1 aliphatic carbocycles. The molecule has 2 aromatic carbocycles. The van der Waals surface area contributed by atoms with Crippen LogP contribution in [0.3, 0.4) is 0 Å². The predicted octanol–water partition coefficient (Wildman–Crippen LogP) is 4.81. The van der Waals surface area contributed by atoms with Crippen molar-refractivity contribution in [3.8, 4) is 5.75 Å². The van der Waals surface area contributed by atoms with Crippen LogP contribution in [0.25, 0.3) is 0 Å². The Hall–Kier alpha value is -3.71. The molecule has 0 spiro atoms. The lowest BCUT2D eigenvalue weighted by atomic mass is 9.86. The van der Waals surface area contributed by atoms with E-state index in [2.05, 4.69) is 4.98 Å². The predicted molar refractivity (Wildman–Crippen MR) is 138 cm³/mol. The van der Waals surface area contributed by atoms with Crippen LogP contribution in [0.15, 0.2) is 100 Å². The van der Waals surface area contributed by atoms with Crippen molar-refractivity contribution >= 4 is 9.84 Å². The number of benzene rings is 2. The van der Waals surface area contributed by atoms with Gasteiger partial charge in [0.05, 0.1) is 11.3 Å². The van der Waals surface area contributed by atoms with Gasteiger partial charge in [0.25, 0.3) is 0 Å². The minimum Gasteiger partial charge on any atom is -0.507 e. The van der Waals surface area contributed by atoms with Crippen LogP contribution < -0.4 is 5.63 Å². The summed E-state index contributed by atoms with van der Waals surface area (Å²) in [6.45, 7) is 0. The fraction of sp³-hybridized carbons (Fsp3) is 0.241. The molecule has 5 rings (SSSR count). The zero-order chi connectivity index (χ0) is 25.3. The van der Waals surface area contributed by atoms with Crippen molar-refractivity contribution in [2.24, 2.45) is 5.92 Å². The SMILES string of the molecule is CS(=O)(=O)C(Cc1ccccc1)(c1ccccn1)c1cc(O)c(C(c2ccccc2)C2CC2)c(=O)o1. The van der Waals surface area contributed by atoms with Gasteiger partial charge in [-0.25, -0.2) is 13.2 Å². The second-order valence-corrected chi connectivity index (χ2v) is 11.6. The first-order chi connectivity index (χ1) is 17.3. The number of hydrogen-bond acceptors (Lipinski definition) is 6. The lowest BCUT2D eigenvalue weighted by Crippen LogP contribution is -2.40. The molecule has 0 bridgehead atoms. The Morgan fingerprint density at radius 2 is 1.64 bits per heavy atom. The summed E-state index contributed by atoms with van der Waals surface area (Å²) < 4.78 is 31.2. The van der Waals surface area contributed by atoms with Crippen LogP contribution in [0.2, 0.25) is 0 Å². The van der Waals surface area contributed by atoms with Crippen LogP contribution in [0.1, 0.15) is 46.9 Å². The highest BCUT2D eigenvalue weighted by molar-refractivity contribution is 7.91. The molecule has 1 aliphatic rings. The average molecular weight is 502 g/mol. The molecule has 0 radical (unpaired) electrons. The summed E-state index contributed by atoms with van der Waals surface area (Å²) in [4.78, 5) is 17.9. The van der Waals surface area contributed by atoms with E-state index in [-0.39, 0.29) is 41.0 Å². The van der Waals surface area contributed by atoms with Gasteiger partial charge in [0.1, 0.15) is 11.5 Å². The molecule has 1 fully saturated rings. The van der Waals surface area contributed by atoms with Gasteiger partial charge in [0, 0.05) is 30.9 Å². The first-order valence-electron chi connectivity index (χ1n) is 11.9. The van der Waals surface area contributed by atoms with E-state index in [9.17, 15) is 18.3 Å². The summed E-state index contributed by atoms with van der Waals surface area (Å²) in [7, 11) is -3.96. The van der Waals surface area contributed by atoms with E-state index in [1.165, 1.54) is 12.3 Å². The maximum atomic E-state index is 13.6. The lowest BCUT2D eigenvalue weighted by molar-refractivity contribution is 0.375. The number of hydrogen-bond donors (Lipinski definition) is 1. The second kappa shape index (κ2) is 9.39. The maximum Gasteiger partial charge on any atom is 0.343 e. The van der Waals surface area contributed by atoms with Crippen LogP contribution >= 0.6 is 0 Å². The highest BCUT2D eigenvalue weighted by atomic mass is 32.2. The Morgan fingerprint density at radius 1 is 1.00 bits per heavy atom. The zero-order valence-electron chi connectivity index (χ0n) is 19.9. The van der Waals surface area contributed by atoms with Gasteiger partial charge >= 0.3 is 5.63 Å². The highest BCUT2D eigenvalue weighted by Crippen LogP contribution is 2.48. The van der Waals surface area contributed by atoms with Gasteiger partial charge in [-0.05, 0) is 42.0 Å². The van der Waals surface area contributed by atoms with Gasteiger partial charge in [-0.3, -0.25) is 4.98 Å². The van der Waals surface area contributed by atoms with Crippen molar-refractivity contribution in [3.05, 3.63) is 130 Å². The van der Waals surface area contributed by atoms with Crippen LogP contribution in [0, 0.1) is 5.92 Å². The molecule has 2 atom stereocenters. The normalized spacial score (nSPS) is 16.2. The molecule has 2 aromatic heterocycles. The lowest BCUT2D eigenvalue weighted by Gasteiger charge is -2.31. The number of rotatable bonds is 8. The van der Waals surface area contributed by atoms with Crippen molar-refractivity contribution in [2.75, 3.05) is 6.26 Å². The smallest absolute Gasteiger partial charge is 0.343 e. The molecule has 0 saturated heterocycles. The molecule has 4 aromatic rings. The quantitative estimate of drug-likeness (QED) is 0.372. The molecule has 0 aliphatic heterocycles. The Bertz CT molecular complexity index is 1510. The Kier molecular flexibility index (Phi) is 6.26.